The number of hydrogen-bond donors (Lipinski definition) is 2. The van der Waals surface area contributed by atoms with Gasteiger partial charge in [0.2, 0.25) is 0 Å². The largest absolute Gasteiger partial charge is 0.353 e. The molecule has 5 nitrogen and oxygen atoms in total. The van der Waals surface area contributed by atoms with Crippen molar-refractivity contribution in [2.75, 3.05) is 18.0 Å². The fourth-order valence-electron chi connectivity index (χ4n) is 3.35. The van der Waals surface area contributed by atoms with E-state index in [1.165, 1.54) is 11.3 Å². The Morgan fingerprint density at radius 3 is 2.88 bits per heavy atom. The summed E-state index contributed by atoms with van der Waals surface area (Å²) < 4.78 is 0. The van der Waals surface area contributed by atoms with Gasteiger partial charge in [-0.15, -0.1) is 11.3 Å². The molecule has 26 heavy (non-hydrogen) atoms. The number of thiophene rings is 1. The van der Waals surface area contributed by atoms with E-state index in [4.69, 9.17) is 0 Å². The Balaban J connectivity index is 1.42. The summed E-state index contributed by atoms with van der Waals surface area (Å²) in [5.74, 6) is 0.969. The third kappa shape index (κ3) is 3.65. The quantitative estimate of drug-likeness (QED) is 0.737. The van der Waals surface area contributed by atoms with E-state index >= 15 is 0 Å². The van der Waals surface area contributed by atoms with Crippen molar-refractivity contribution in [3.05, 3.63) is 58.3 Å². The summed E-state index contributed by atoms with van der Waals surface area (Å²) in [5, 5.41) is 10.8. The van der Waals surface area contributed by atoms with Crippen LogP contribution in [-0.2, 0) is 0 Å². The Morgan fingerprint density at radius 1 is 1.27 bits per heavy atom. The first-order valence-electron chi connectivity index (χ1n) is 8.92. The van der Waals surface area contributed by atoms with Crippen molar-refractivity contribution in [3.63, 3.8) is 0 Å². The van der Waals surface area contributed by atoms with Gasteiger partial charge in [0, 0.05) is 30.1 Å². The molecule has 1 aliphatic heterocycles. The number of nitrogens with zero attached hydrogens (tertiary/aromatic N) is 2. The highest BCUT2D eigenvalue weighted by atomic mass is 32.1. The SMILES string of the molecule is Cc1ccc(C(=O)N[C@H]2CCCN(c3cc(-c4ccccc4)[nH]n3)C2)s1. The molecule has 1 atom stereocenters. The highest BCUT2D eigenvalue weighted by molar-refractivity contribution is 7.13. The Bertz CT molecular complexity index is 886. The minimum atomic E-state index is 0.0296. The number of anilines is 1. The molecule has 0 spiro atoms. The fraction of sp³-hybridized carbons (Fsp3) is 0.300. The van der Waals surface area contributed by atoms with E-state index in [2.05, 4.69) is 38.6 Å². The van der Waals surface area contributed by atoms with Crippen LogP contribution in [0.5, 0.6) is 0 Å². The molecule has 1 fully saturated rings. The summed E-state index contributed by atoms with van der Waals surface area (Å²) >= 11 is 1.54. The van der Waals surface area contributed by atoms with Gasteiger partial charge in [0.25, 0.3) is 5.91 Å². The molecule has 4 rings (SSSR count). The monoisotopic (exact) mass is 366 g/mol. The number of H-pyrrole nitrogens is 1. The van der Waals surface area contributed by atoms with Gasteiger partial charge in [-0.05, 0) is 37.5 Å². The molecular weight excluding hydrogens is 344 g/mol. The summed E-state index contributed by atoms with van der Waals surface area (Å²) in [5.41, 5.74) is 2.14. The number of hydrogen-bond acceptors (Lipinski definition) is 4. The minimum absolute atomic E-state index is 0.0296. The zero-order chi connectivity index (χ0) is 17.9. The molecule has 134 valence electrons. The number of carbonyl (C=O) groups is 1. The molecule has 0 aliphatic carbocycles. The topological polar surface area (TPSA) is 61.0 Å². The van der Waals surface area contributed by atoms with Crippen molar-refractivity contribution < 1.29 is 4.79 Å². The highest BCUT2D eigenvalue weighted by Gasteiger charge is 2.24. The summed E-state index contributed by atoms with van der Waals surface area (Å²) in [6.45, 7) is 3.77. The molecule has 6 heteroatoms. The number of carbonyl (C=O) groups excluding carboxylic acids is 1. The van der Waals surface area contributed by atoms with Crippen LogP contribution < -0.4 is 10.2 Å². The first-order valence-corrected chi connectivity index (χ1v) is 9.74. The van der Waals surface area contributed by atoms with Crippen LogP contribution in [0, 0.1) is 6.92 Å². The third-order valence-corrected chi connectivity index (χ3v) is 5.69. The number of nitrogens with one attached hydrogen (secondary N) is 2. The highest BCUT2D eigenvalue weighted by Crippen LogP contribution is 2.24. The molecule has 3 heterocycles. The van der Waals surface area contributed by atoms with Crippen molar-refractivity contribution in [3.8, 4) is 11.3 Å². The number of rotatable bonds is 4. The second-order valence-corrected chi connectivity index (χ2v) is 7.96. The van der Waals surface area contributed by atoms with Crippen molar-refractivity contribution in [2.45, 2.75) is 25.8 Å². The average molecular weight is 366 g/mol. The first kappa shape index (κ1) is 16.8. The summed E-state index contributed by atoms with van der Waals surface area (Å²) in [6, 6.07) is 16.3. The lowest BCUT2D eigenvalue weighted by Gasteiger charge is -2.33. The Kier molecular flexibility index (Phi) is 4.75. The van der Waals surface area contributed by atoms with Gasteiger partial charge < -0.3 is 10.2 Å². The van der Waals surface area contributed by atoms with Crippen molar-refractivity contribution in [1.29, 1.82) is 0 Å². The number of benzene rings is 1. The maximum absolute atomic E-state index is 12.4. The van der Waals surface area contributed by atoms with Crippen LogP contribution in [-0.4, -0.2) is 35.2 Å². The van der Waals surface area contributed by atoms with Crippen LogP contribution >= 0.6 is 11.3 Å². The number of aromatic nitrogens is 2. The Labute approximate surface area is 157 Å². The molecular formula is C20H22N4OS. The van der Waals surface area contributed by atoms with E-state index in [0.717, 1.165) is 52.8 Å². The van der Waals surface area contributed by atoms with Gasteiger partial charge in [-0.1, -0.05) is 30.3 Å². The number of amides is 1. The standard InChI is InChI=1S/C20H22N4OS/c1-14-9-10-18(26-14)20(25)21-16-8-5-11-24(13-16)19-12-17(22-23-19)15-6-3-2-4-7-15/h2-4,6-7,9-10,12,16H,5,8,11,13H2,1H3,(H,21,25)(H,22,23)/t16-/m0/s1. The van der Waals surface area contributed by atoms with Gasteiger partial charge in [-0.2, -0.15) is 5.10 Å². The summed E-state index contributed by atoms with van der Waals surface area (Å²) in [6.07, 6.45) is 2.05. The van der Waals surface area contributed by atoms with E-state index in [0.29, 0.717) is 0 Å². The zero-order valence-electron chi connectivity index (χ0n) is 14.7. The number of piperidine rings is 1. The van der Waals surface area contributed by atoms with Crippen LogP contribution in [0.1, 0.15) is 27.4 Å². The minimum Gasteiger partial charge on any atom is -0.353 e. The van der Waals surface area contributed by atoms with Crippen LogP contribution in [0.3, 0.4) is 0 Å². The van der Waals surface area contributed by atoms with E-state index in [1.807, 2.05) is 37.3 Å². The van der Waals surface area contributed by atoms with Gasteiger partial charge in [0.05, 0.1) is 10.6 Å². The molecule has 1 amide bonds. The van der Waals surface area contributed by atoms with Gasteiger partial charge in [0.15, 0.2) is 5.82 Å². The molecule has 0 radical (unpaired) electrons. The predicted molar refractivity (Wildman–Crippen MR) is 106 cm³/mol. The van der Waals surface area contributed by atoms with E-state index in [9.17, 15) is 4.79 Å². The molecule has 2 aromatic heterocycles. The van der Waals surface area contributed by atoms with E-state index < -0.39 is 0 Å². The molecule has 2 N–H and O–H groups in total. The lowest BCUT2D eigenvalue weighted by molar-refractivity contribution is 0.0937. The second kappa shape index (κ2) is 7.33. The van der Waals surface area contributed by atoms with Crippen molar-refractivity contribution in [2.24, 2.45) is 0 Å². The molecule has 1 saturated heterocycles. The Hall–Kier alpha value is -2.60. The number of aromatic amines is 1. The van der Waals surface area contributed by atoms with Crippen molar-refractivity contribution >= 4 is 23.1 Å². The van der Waals surface area contributed by atoms with Gasteiger partial charge in [0.1, 0.15) is 0 Å². The van der Waals surface area contributed by atoms with Gasteiger partial charge in [-0.25, -0.2) is 0 Å². The smallest absolute Gasteiger partial charge is 0.261 e. The molecule has 3 aromatic rings. The Morgan fingerprint density at radius 2 is 2.12 bits per heavy atom. The van der Waals surface area contributed by atoms with Crippen molar-refractivity contribution in [1.82, 2.24) is 15.5 Å². The summed E-state index contributed by atoms with van der Waals surface area (Å²) in [4.78, 5) is 16.6. The molecule has 0 unspecified atom stereocenters. The van der Waals surface area contributed by atoms with Crippen LogP contribution in [0.15, 0.2) is 48.5 Å². The van der Waals surface area contributed by atoms with Crippen LogP contribution in [0.2, 0.25) is 0 Å². The molecule has 0 saturated carbocycles. The molecule has 1 aromatic carbocycles. The molecule has 1 aliphatic rings. The third-order valence-electron chi connectivity index (χ3n) is 4.69. The van der Waals surface area contributed by atoms with Gasteiger partial charge in [-0.3, -0.25) is 9.89 Å². The molecule has 0 bridgehead atoms. The second-order valence-electron chi connectivity index (χ2n) is 6.67. The lowest BCUT2D eigenvalue weighted by Crippen LogP contribution is -2.47. The zero-order valence-corrected chi connectivity index (χ0v) is 15.6. The van der Waals surface area contributed by atoms with E-state index in [1.54, 1.807) is 0 Å². The lowest BCUT2D eigenvalue weighted by atomic mass is 10.1. The maximum Gasteiger partial charge on any atom is 0.261 e. The normalized spacial score (nSPS) is 17.3. The summed E-state index contributed by atoms with van der Waals surface area (Å²) in [7, 11) is 0. The van der Waals surface area contributed by atoms with Crippen LogP contribution in [0.25, 0.3) is 11.3 Å². The fourth-order valence-corrected chi connectivity index (χ4v) is 4.13. The predicted octanol–water partition coefficient (Wildman–Crippen LogP) is 3.85. The first-order chi connectivity index (χ1) is 12.7. The van der Waals surface area contributed by atoms with Crippen LogP contribution in [0.4, 0.5) is 5.82 Å². The van der Waals surface area contributed by atoms with E-state index in [-0.39, 0.29) is 11.9 Å². The average Bonchev–Trinajstić information content (AvgIpc) is 3.32. The van der Waals surface area contributed by atoms with Gasteiger partial charge >= 0.3 is 0 Å². The maximum atomic E-state index is 12.4. The number of aryl methyl sites for hydroxylation is 1.